The molecule has 1 aromatic heterocycles. The third kappa shape index (κ3) is 1.09. The maximum absolute atomic E-state index is 5.36. The van der Waals surface area contributed by atoms with E-state index in [9.17, 15) is 0 Å². The molecule has 0 spiro atoms. The summed E-state index contributed by atoms with van der Waals surface area (Å²) >= 11 is 0. The van der Waals surface area contributed by atoms with Crippen molar-refractivity contribution in [3.63, 3.8) is 0 Å². The maximum atomic E-state index is 5.36. The lowest BCUT2D eigenvalue weighted by molar-refractivity contribution is 1.21. The maximum Gasteiger partial charge on any atom is 0.115 e. The predicted molar refractivity (Wildman–Crippen MR) is 34.4 cm³/mol. The second kappa shape index (κ2) is 1.99. The van der Waals surface area contributed by atoms with Crippen LogP contribution in [0, 0.1) is 6.92 Å². The van der Waals surface area contributed by atoms with Crippen LogP contribution in [-0.2, 0) is 0 Å². The first-order valence-electron chi connectivity index (χ1n) is 2.47. The summed E-state index contributed by atoms with van der Waals surface area (Å²) in [6.07, 6.45) is 1.65. The molecule has 0 N–H and O–H groups in total. The zero-order valence-electron chi connectivity index (χ0n) is 4.76. The van der Waals surface area contributed by atoms with E-state index in [4.69, 9.17) is 7.85 Å². The van der Waals surface area contributed by atoms with Gasteiger partial charge in [0.2, 0.25) is 0 Å². The van der Waals surface area contributed by atoms with Gasteiger partial charge in [0.1, 0.15) is 7.85 Å². The van der Waals surface area contributed by atoms with Crippen molar-refractivity contribution in [1.29, 1.82) is 0 Å². The average molecular weight is 103 g/mol. The number of pyridine rings is 1. The number of aryl methyl sites for hydroxylation is 1. The molecule has 0 fully saturated rings. The summed E-state index contributed by atoms with van der Waals surface area (Å²) in [5.41, 5.74) is 1.72. The van der Waals surface area contributed by atoms with Gasteiger partial charge in [0.05, 0.1) is 0 Å². The van der Waals surface area contributed by atoms with Crippen LogP contribution in [0.1, 0.15) is 5.69 Å². The highest BCUT2D eigenvalue weighted by Crippen LogP contribution is 1.83. The predicted octanol–water partition coefficient (Wildman–Crippen LogP) is 0.184. The Kier molecular flexibility index (Phi) is 1.33. The van der Waals surface area contributed by atoms with E-state index < -0.39 is 0 Å². The van der Waals surface area contributed by atoms with Crippen LogP contribution in [0.15, 0.2) is 18.3 Å². The third-order valence-corrected chi connectivity index (χ3v) is 0.934. The Hall–Kier alpha value is -0.785. The molecule has 1 aromatic rings. The Morgan fingerprint density at radius 2 is 2.25 bits per heavy atom. The second-order valence-corrected chi connectivity index (χ2v) is 1.73. The van der Waals surface area contributed by atoms with Crippen LogP contribution in [0.4, 0.5) is 0 Å². The summed E-state index contributed by atoms with van der Waals surface area (Å²) in [7, 11) is 5.36. The minimum absolute atomic E-state index is 0.718. The zero-order chi connectivity index (χ0) is 5.98. The van der Waals surface area contributed by atoms with Crippen LogP contribution >= 0.6 is 0 Å². The first-order valence-corrected chi connectivity index (χ1v) is 2.47. The summed E-state index contributed by atoms with van der Waals surface area (Å²) in [5.74, 6) is 0. The average Bonchev–Trinajstić information content (AvgIpc) is 1.77. The lowest BCUT2D eigenvalue weighted by Gasteiger charge is -1.89. The summed E-state index contributed by atoms with van der Waals surface area (Å²) in [4.78, 5) is 3.95. The van der Waals surface area contributed by atoms with Crippen molar-refractivity contribution in [3.8, 4) is 0 Å². The number of aromatic nitrogens is 1. The molecule has 1 rings (SSSR count). The lowest BCUT2D eigenvalue weighted by atomic mass is 9.99. The van der Waals surface area contributed by atoms with E-state index in [0.717, 1.165) is 11.2 Å². The van der Waals surface area contributed by atoms with E-state index in [0.29, 0.717) is 0 Å². The van der Waals surface area contributed by atoms with Gasteiger partial charge in [0.25, 0.3) is 0 Å². The minimum atomic E-state index is 0.718. The number of hydrogen-bond donors (Lipinski definition) is 0. The molecule has 0 bridgehead atoms. The van der Waals surface area contributed by atoms with Gasteiger partial charge in [-0.05, 0) is 13.0 Å². The van der Waals surface area contributed by atoms with Gasteiger partial charge in [-0.2, -0.15) is 0 Å². The Balaban J connectivity index is 3.03. The summed E-state index contributed by atoms with van der Waals surface area (Å²) in [6, 6.07) is 3.72. The molecule has 0 aliphatic rings. The highest BCUT2D eigenvalue weighted by atomic mass is 14.6. The number of hydrogen-bond acceptors (Lipinski definition) is 1. The molecule has 2 radical (unpaired) electrons. The first-order chi connectivity index (χ1) is 3.79. The van der Waals surface area contributed by atoms with Crippen molar-refractivity contribution in [2.75, 3.05) is 0 Å². The van der Waals surface area contributed by atoms with Crippen LogP contribution in [0.5, 0.6) is 0 Å². The van der Waals surface area contributed by atoms with E-state index in [-0.39, 0.29) is 0 Å². The fourth-order valence-corrected chi connectivity index (χ4v) is 0.479. The summed E-state index contributed by atoms with van der Waals surface area (Å²) < 4.78 is 0. The highest BCUT2D eigenvalue weighted by Gasteiger charge is 1.80. The van der Waals surface area contributed by atoms with Gasteiger partial charge in [0, 0.05) is 11.9 Å². The molecule has 0 unspecified atom stereocenters. The molecular formula is C6H6BN. The quantitative estimate of drug-likeness (QED) is 0.427. The first kappa shape index (κ1) is 5.35. The third-order valence-electron chi connectivity index (χ3n) is 0.934. The molecule has 38 valence electrons. The minimum Gasteiger partial charge on any atom is -0.262 e. The molecule has 0 saturated heterocycles. The van der Waals surface area contributed by atoms with Crippen LogP contribution in [0.3, 0.4) is 0 Å². The Morgan fingerprint density at radius 1 is 1.50 bits per heavy atom. The highest BCUT2D eigenvalue weighted by molar-refractivity contribution is 6.31. The molecule has 0 atom stereocenters. The Bertz CT molecular complexity index is 147. The van der Waals surface area contributed by atoms with E-state index in [1.165, 1.54) is 0 Å². The molecule has 1 nitrogen and oxygen atoms in total. The van der Waals surface area contributed by atoms with Crippen molar-refractivity contribution in [2.24, 2.45) is 0 Å². The van der Waals surface area contributed by atoms with Gasteiger partial charge in [0.15, 0.2) is 0 Å². The van der Waals surface area contributed by atoms with E-state index in [2.05, 4.69) is 4.98 Å². The molecular weight excluding hydrogens is 96.9 g/mol. The van der Waals surface area contributed by atoms with Crippen molar-refractivity contribution < 1.29 is 0 Å². The standard InChI is InChI=1S/C6H6BN/c1-5-2-3-6(7)4-8-5/h2-4H,1H3. The van der Waals surface area contributed by atoms with Gasteiger partial charge in [-0.3, -0.25) is 4.98 Å². The SMILES string of the molecule is [B]c1ccc(C)nc1. The van der Waals surface area contributed by atoms with Gasteiger partial charge in [-0.1, -0.05) is 11.5 Å². The van der Waals surface area contributed by atoms with E-state index in [1.807, 2.05) is 19.1 Å². The van der Waals surface area contributed by atoms with Gasteiger partial charge in [-0.15, -0.1) is 0 Å². The molecule has 2 heteroatoms. The molecule has 8 heavy (non-hydrogen) atoms. The van der Waals surface area contributed by atoms with Gasteiger partial charge in [-0.25, -0.2) is 0 Å². The smallest absolute Gasteiger partial charge is 0.115 e. The number of rotatable bonds is 0. The summed E-state index contributed by atoms with van der Waals surface area (Å²) in [6.45, 7) is 1.93. The topological polar surface area (TPSA) is 12.9 Å². The fourth-order valence-electron chi connectivity index (χ4n) is 0.479. The van der Waals surface area contributed by atoms with Gasteiger partial charge >= 0.3 is 0 Å². The van der Waals surface area contributed by atoms with Crippen molar-refractivity contribution in [1.82, 2.24) is 4.98 Å². The summed E-state index contributed by atoms with van der Waals surface area (Å²) in [5, 5.41) is 0. The second-order valence-electron chi connectivity index (χ2n) is 1.73. The fraction of sp³-hybridized carbons (Fsp3) is 0.167. The van der Waals surface area contributed by atoms with Crippen LogP contribution in [0.2, 0.25) is 0 Å². The largest absolute Gasteiger partial charge is 0.262 e. The van der Waals surface area contributed by atoms with Gasteiger partial charge < -0.3 is 0 Å². The van der Waals surface area contributed by atoms with Crippen LogP contribution in [-0.4, -0.2) is 12.8 Å². The zero-order valence-corrected chi connectivity index (χ0v) is 4.76. The number of nitrogens with zero attached hydrogens (tertiary/aromatic N) is 1. The molecule has 0 aliphatic carbocycles. The lowest BCUT2D eigenvalue weighted by Crippen LogP contribution is -2.01. The normalized spacial score (nSPS) is 9.12. The van der Waals surface area contributed by atoms with Crippen molar-refractivity contribution >= 4 is 13.3 Å². The molecule has 1 heterocycles. The van der Waals surface area contributed by atoms with Crippen molar-refractivity contribution in [3.05, 3.63) is 24.0 Å². The van der Waals surface area contributed by atoms with E-state index >= 15 is 0 Å². The molecule has 0 aromatic carbocycles. The molecule has 0 saturated carbocycles. The monoisotopic (exact) mass is 103 g/mol. The van der Waals surface area contributed by atoms with Crippen LogP contribution < -0.4 is 5.46 Å². The Morgan fingerprint density at radius 3 is 2.62 bits per heavy atom. The van der Waals surface area contributed by atoms with E-state index in [1.54, 1.807) is 6.20 Å². The van der Waals surface area contributed by atoms with Crippen LogP contribution in [0.25, 0.3) is 0 Å². The Labute approximate surface area is 50.2 Å². The van der Waals surface area contributed by atoms with Crippen molar-refractivity contribution in [2.45, 2.75) is 6.92 Å². The molecule has 0 aliphatic heterocycles. The molecule has 0 amide bonds.